The van der Waals surface area contributed by atoms with E-state index >= 15 is 0 Å². The Morgan fingerprint density at radius 3 is 3.00 bits per heavy atom. The van der Waals surface area contributed by atoms with Gasteiger partial charge < -0.3 is 10.1 Å². The van der Waals surface area contributed by atoms with Crippen molar-refractivity contribution in [2.75, 3.05) is 19.0 Å². The second-order valence-corrected chi connectivity index (χ2v) is 4.60. The smallest absolute Gasteiger partial charge is 0.207 e. The standard InChI is InChI=1S/C12H14FN3OS/c1-8-3-4-9(7-10(8)13)14-12-15-11(16-18-12)5-6-17-2/h3-4,7H,5-6H2,1-2H3,(H,14,15,16). The molecule has 2 rings (SSSR count). The van der Waals surface area contributed by atoms with Crippen molar-refractivity contribution in [2.45, 2.75) is 13.3 Å². The van der Waals surface area contributed by atoms with E-state index in [9.17, 15) is 4.39 Å². The van der Waals surface area contributed by atoms with Crippen molar-refractivity contribution in [1.29, 1.82) is 0 Å². The van der Waals surface area contributed by atoms with Crippen molar-refractivity contribution in [3.05, 3.63) is 35.4 Å². The van der Waals surface area contributed by atoms with Gasteiger partial charge in [-0.25, -0.2) is 9.37 Å². The number of aryl methyl sites for hydroxylation is 1. The van der Waals surface area contributed by atoms with Crippen LogP contribution in [0.3, 0.4) is 0 Å². The van der Waals surface area contributed by atoms with Gasteiger partial charge >= 0.3 is 0 Å². The summed E-state index contributed by atoms with van der Waals surface area (Å²) >= 11 is 1.25. The Labute approximate surface area is 109 Å². The van der Waals surface area contributed by atoms with Crippen LogP contribution in [0.5, 0.6) is 0 Å². The lowest BCUT2D eigenvalue weighted by Crippen LogP contribution is -1.97. The monoisotopic (exact) mass is 267 g/mol. The summed E-state index contributed by atoms with van der Waals surface area (Å²) in [5.41, 5.74) is 1.30. The normalized spacial score (nSPS) is 10.6. The first-order valence-electron chi connectivity index (χ1n) is 5.54. The van der Waals surface area contributed by atoms with E-state index in [0.29, 0.717) is 29.4 Å². The molecule has 96 valence electrons. The predicted molar refractivity (Wildman–Crippen MR) is 69.9 cm³/mol. The molecule has 0 aliphatic heterocycles. The van der Waals surface area contributed by atoms with Gasteiger partial charge in [0.25, 0.3) is 0 Å². The average molecular weight is 267 g/mol. The van der Waals surface area contributed by atoms with Crippen LogP contribution < -0.4 is 5.32 Å². The zero-order valence-electron chi connectivity index (χ0n) is 10.2. The second kappa shape index (κ2) is 5.88. The summed E-state index contributed by atoms with van der Waals surface area (Å²) in [6.45, 7) is 2.32. The van der Waals surface area contributed by atoms with E-state index in [0.717, 1.165) is 5.82 Å². The van der Waals surface area contributed by atoms with Crippen LogP contribution in [-0.4, -0.2) is 23.1 Å². The van der Waals surface area contributed by atoms with Gasteiger partial charge in [-0.05, 0) is 24.6 Å². The number of nitrogens with one attached hydrogen (secondary N) is 1. The van der Waals surface area contributed by atoms with Crippen LogP contribution in [0.25, 0.3) is 0 Å². The van der Waals surface area contributed by atoms with Crippen LogP contribution in [0, 0.1) is 12.7 Å². The van der Waals surface area contributed by atoms with Gasteiger partial charge in [-0.1, -0.05) is 6.07 Å². The molecule has 0 saturated heterocycles. The highest BCUT2D eigenvalue weighted by molar-refractivity contribution is 7.09. The summed E-state index contributed by atoms with van der Waals surface area (Å²) in [4.78, 5) is 4.29. The minimum Gasteiger partial charge on any atom is -0.384 e. The van der Waals surface area contributed by atoms with E-state index in [1.807, 2.05) is 6.07 Å². The third-order valence-electron chi connectivity index (χ3n) is 2.42. The van der Waals surface area contributed by atoms with Gasteiger partial charge in [-0.3, -0.25) is 0 Å². The molecule has 0 atom stereocenters. The number of rotatable bonds is 5. The Bertz CT molecular complexity index is 530. The topological polar surface area (TPSA) is 47.0 Å². The van der Waals surface area contributed by atoms with Crippen LogP contribution in [0.2, 0.25) is 0 Å². The number of halogens is 1. The first-order chi connectivity index (χ1) is 8.69. The fraction of sp³-hybridized carbons (Fsp3) is 0.333. The van der Waals surface area contributed by atoms with Crippen LogP contribution in [0.1, 0.15) is 11.4 Å². The lowest BCUT2D eigenvalue weighted by molar-refractivity contribution is 0.201. The van der Waals surface area contributed by atoms with E-state index in [1.165, 1.54) is 17.6 Å². The Morgan fingerprint density at radius 1 is 1.44 bits per heavy atom. The van der Waals surface area contributed by atoms with Crippen LogP contribution >= 0.6 is 11.5 Å². The van der Waals surface area contributed by atoms with Crippen molar-refractivity contribution >= 4 is 22.4 Å². The number of ether oxygens (including phenoxy) is 1. The van der Waals surface area contributed by atoms with E-state index in [-0.39, 0.29) is 5.82 Å². The summed E-state index contributed by atoms with van der Waals surface area (Å²) in [5, 5.41) is 3.69. The van der Waals surface area contributed by atoms with E-state index in [2.05, 4.69) is 14.7 Å². The number of aromatic nitrogens is 2. The molecule has 18 heavy (non-hydrogen) atoms. The quantitative estimate of drug-likeness (QED) is 0.904. The number of anilines is 2. The van der Waals surface area contributed by atoms with Crippen LogP contribution in [-0.2, 0) is 11.2 Å². The van der Waals surface area contributed by atoms with Gasteiger partial charge in [0.15, 0.2) is 0 Å². The molecule has 0 spiro atoms. The van der Waals surface area contributed by atoms with Crippen LogP contribution in [0.4, 0.5) is 15.2 Å². The van der Waals surface area contributed by atoms with Crippen molar-refractivity contribution < 1.29 is 9.13 Å². The van der Waals surface area contributed by atoms with Gasteiger partial charge in [0, 0.05) is 30.8 Å². The SMILES string of the molecule is COCCc1nsc(Nc2ccc(C)c(F)c2)n1. The first kappa shape index (κ1) is 12.9. The third kappa shape index (κ3) is 3.24. The Hall–Kier alpha value is -1.53. The van der Waals surface area contributed by atoms with Gasteiger partial charge in [0.05, 0.1) is 6.61 Å². The van der Waals surface area contributed by atoms with Crippen LogP contribution in [0.15, 0.2) is 18.2 Å². The van der Waals surface area contributed by atoms with Gasteiger partial charge in [-0.15, -0.1) is 0 Å². The van der Waals surface area contributed by atoms with E-state index in [1.54, 1.807) is 20.1 Å². The van der Waals surface area contributed by atoms with Crippen molar-refractivity contribution in [2.24, 2.45) is 0 Å². The second-order valence-electron chi connectivity index (χ2n) is 3.85. The van der Waals surface area contributed by atoms with E-state index in [4.69, 9.17) is 4.74 Å². The maximum absolute atomic E-state index is 13.4. The molecular formula is C12H14FN3OS. The largest absolute Gasteiger partial charge is 0.384 e. The molecule has 0 bridgehead atoms. The number of hydrogen-bond acceptors (Lipinski definition) is 5. The maximum atomic E-state index is 13.4. The molecule has 0 radical (unpaired) electrons. The minimum absolute atomic E-state index is 0.232. The highest BCUT2D eigenvalue weighted by atomic mass is 32.1. The Kier molecular flexibility index (Phi) is 4.22. The molecule has 0 amide bonds. The Morgan fingerprint density at radius 2 is 2.28 bits per heavy atom. The minimum atomic E-state index is -0.232. The first-order valence-corrected chi connectivity index (χ1v) is 6.31. The molecule has 0 fully saturated rings. The zero-order valence-corrected chi connectivity index (χ0v) is 11.1. The summed E-state index contributed by atoms with van der Waals surface area (Å²) in [7, 11) is 1.64. The summed E-state index contributed by atoms with van der Waals surface area (Å²) in [6, 6.07) is 4.99. The molecule has 0 aliphatic rings. The van der Waals surface area contributed by atoms with E-state index < -0.39 is 0 Å². The highest BCUT2D eigenvalue weighted by Gasteiger charge is 2.05. The lowest BCUT2D eigenvalue weighted by Gasteiger charge is -2.03. The molecule has 1 heterocycles. The fourth-order valence-corrected chi connectivity index (χ4v) is 2.03. The zero-order chi connectivity index (χ0) is 13.0. The molecule has 0 saturated carbocycles. The number of hydrogen-bond donors (Lipinski definition) is 1. The van der Waals surface area contributed by atoms with Crippen molar-refractivity contribution in [3.8, 4) is 0 Å². The lowest BCUT2D eigenvalue weighted by atomic mass is 10.2. The molecule has 1 aromatic carbocycles. The summed E-state index contributed by atoms with van der Waals surface area (Å²) in [5.74, 6) is 0.501. The summed E-state index contributed by atoms with van der Waals surface area (Å²) < 4.78 is 22.5. The molecule has 0 aliphatic carbocycles. The van der Waals surface area contributed by atoms with Gasteiger partial charge in [-0.2, -0.15) is 4.37 Å². The molecule has 1 aromatic heterocycles. The molecular weight excluding hydrogens is 253 g/mol. The average Bonchev–Trinajstić information content (AvgIpc) is 2.79. The highest BCUT2D eigenvalue weighted by Crippen LogP contribution is 2.20. The number of nitrogens with zero attached hydrogens (tertiary/aromatic N) is 2. The third-order valence-corrected chi connectivity index (χ3v) is 3.09. The van der Waals surface area contributed by atoms with Gasteiger partial charge in [0.1, 0.15) is 11.6 Å². The molecule has 0 unspecified atom stereocenters. The van der Waals surface area contributed by atoms with Crippen molar-refractivity contribution in [1.82, 2.24) is 9.36 Å². The molecule has 6 heteroatoms. The Balaban J connectivity index is 2.04. The predicted octanol–water partition coefficient (Wildman–Crippen LogP) is 2.92. The number of benzene rings is 1. The van der Waals surface area contributed by atoms with Crippen molar-refractivity contribution in [3.63, 3.8) is 0 Å². The fourth-order valence-electron chi connectivity index (χ4n) is 1.39. The molecule has 2 aromatic rings. The van der Waals surface area contributed by atoms with Gasteiger partial charge in [0.2, 0.25) is 5.13 Å². The maximum Gasteiger partial charge on any atom is 0.207 e. The summed E-state index contributed by atoms with van der Waals surface area (Å²) in [6.07, 6.45) is 0.678. The number of methoxy groups -OCH3 is 1. The molecule has 1 N–H and O–H groups in total. The molecule has 4 nitrogen and oxygen atoms in total.